The quantitative estimate of drug-likeness (QED) is 0.522. The molecule has 25 heavy (non-hydrogen) atoms. The van der Waals surface area contributed by atoms with Gasteiger partial charge in [-0.05, 0) is 31.2 Å². The summed E-state index contributed by atoms with van der Waals surface area (Å²) in [5.74, 6) is -1.96. The smallest absolute Gasteiger partial charge is 0.325 e. The highest BCUT2D eigenvalue weighted by molar-refractivity contribution is 5.91. The molecule has 0 unspecified atom stereocenters. The Morgan fingerprint density at radius 3 is 2.16 bits per heavy atom. The Balaban J connectivity index is 2.71. The Bertz CT molecular complexity index is 589. The maximum absolute atomic E-state index is 12.3. The normalized spacial score (nSPS) is 14.4. The molecule has 0 saturated heterocycles. The third kappa shape index (κ3) is 7.34. The summed E-state index contributed by atoms with van der Waals surface area (Å²) in [7, 11) is 0. The highest BCUT2D eigenvalue weighted by atomic mass is 16.4. The van der Waals surface area contributed by atoms with Gasteiger partial charge < -0.3 is 21.5 Å². The Labute approximate surface area is 148 Å². The fraction of sp³-hybridized carbons (Fsp3) is 0.500. The van der Waals surface area contributed by atoms with Crippen molar-refractivity contribution in [3.05, 3.63) is 35.9 Å². The second-order valence-corrected chi connectivity index (χ2v) is 6.56. The molecule has 7 heteroatoms. The van der Waals surface area contributed by atoms with E-state index in [9.17, 15) is 14.4 Å². The molecule has 0 heterocycles. The van der Waals surface area contributed by atoms with Gasteiger partial charge in [0.25, 0.3) is 0 Å². The van der Waals surface area contributed by atoms with E-state index in [4.69, 9.17) is 10.8 Å². The van der Waals surface area contributed by atoms with E-state index in [0.717, 1.165) is 5.56 Å². The van der Waals surface area contributed by atoms with Crippen LogP contribution < -0.4 is 16.4 Å². The van der Waals surface area contributed by atoms with Gasteiger partial charge in [-0.15, -0.1) is 0 Å². The van der Waals surface area contributed by atoms with Crippen LogP contribution >= 0.6 is 0 Å². The van der Waals surface area contributed by atoms with Crippen LogP contribution in [0.5, 0.6) is 0 Å². The minimum absolute atomic E-state index is 0.140. The number of nitrogens with one attached hydrogen (secondary N) is 2. The van der Waals surface area contributed by atoms with Crippen LogP contribution in [0, 0.1) is 5.92 Å². The Kier molecular flexibility index (Phi) is 8.07. The van der Waals surface area contributed by atoms with Crippen LogP contribution in [0.1, 0.15) is 32.8 Å². The molecule has 0 aliphatic rings. The summed E-state index contributed by atoms with van der Waals surface area (Å²) in [6.07, 6.45) is 0.746. The van der Waals surface area contributed by atoms with E-state index in [2.05, 4.69) is 10.6 Å². The maximum Gasteiger partial charge on any atom is 0.325 e. The minimum atomic E-state index is -1.14. The minimum Gasteiger partial charge on any atom is -0.480 e. The molecule has 0 aliphatic carbocycles. The second-order valence-electron chi connectivity index (χ2n) is 6.56. The number of aliphatic carboxylic acids is 1. The van der Waals surface area contributed by atoms with E-state index in [0.29, 0.717) is 12.8 Å². The first kappa shape index (κ1) is 20.6. The van der Waals surface area contributed by atoms with Crippen molar-refractivity contribution in [1.29, 1.82) is 0 Å². The molecule has 5 N–H and O–H groups in total. The summed E-state index contributed by atoms with van der Waals surface area (Å²) in [5.41, 5.74) is 6.87. The lowest BCUT2D eigenvalue weighted by Crippen LogP contribution is -2.54. The van der Waals surface area contributed by atoms with Crippen LogP contribution in [0.4, 0.5) is 0 Å². The number of benzene rings is 1. The summed E-state index contributed by atoms with van der Waals surface area (Å²) in [6, 6.07) is 6.71. The van der Waals surface area contributed by atoms with Gasteiger partial charge in [-0.1, -0.05) is 44.2 Å². The highest BCUT2D eigenvalue weighted by Crippen LogP contribution is 2.07. The number of rotatable bonds is 9. The molecule has 0 radical (unpaired) electrons. The third-order valence-corrected chi connectivity index (χ3v) is 3.70. The summed E-state index contributed by atoms with van der Waals surface area (Å²) >= 11 is 0. The highest BCUT2D eigenvalue weighted by Gasteiger charge is 2.26. The monoisotopic (exact) mass is 349 g/mol. The molecule has 0 aliphatic heterocycles. The van der Waals surface area contributed by atoms with Crippen molar-refractivity contribution < 1.29 is 19.5 Å². The molecule has 1 rings (SSSR count). The predicted molar refractivity (Wildman–Crippen MR) is 94.7 cm³/mol. The van der Waals surface area contributed by atoms with Gasteiger partial charge in [0, 0.05) is 0 Å². The molecule has 138 valence electrons. The van der Waals surface area contributed by atoms with Crippen LogP contribution in [-0.4, -0.2) is 41.0 Å². The number of carboxylic acid groups (broad SMARTS) is 1. The summed E-state index contributed by atoms with van der Waals surface area (Å²) in [5, 5.41) is 13.9. The van der Waals surface area contributed by atoms with Crippen molar-refractivity contribution in [2.24, 2.45) is 11.7 Å². The van der Waals surface area contributed by atoms with Crippen molar-refractivity contribution in [2.45, 2.75) is 51.7 Å². The second kappa shape index (κ2) is 9.78. The average Bonchev–Trinajstić information content (AvgIpc) is 2.54. The van der Waals surface area contributed by atoms with Crippen LogP contribution in [0.2, 0.25) is 0 Å². The van der Waals surface area contributed by atoms with Gasteiger partial charge in [0.1, 0.15) is 12.1 Å². The third-order valence-electron chi connectivity index (χ3n) is 3.70. The zero-order valence-electron chi connectivity index (χ0n) is 14.9. The van der Waals surface area contributed by atoms with Gasteiger partial charge in [-0.3, -0.25) is 14.4 Å². The fourth-order valence-electron chi connectivity index (χ4n) is 2.32. The molecule has 0 fully saturated rings. The Morgan fingerprint density at radius 1 is 1.04 bits per heavy atom. The van der Waals surface area contributed by atoms with Crippen molar-refractivity contribution in [3.63, 3.8) is 0 Å². The number of nitrogens with two attached hydrogens (primary N) is 1. The lowest BCUT2D eigenvalue weighted by Gasteiger charge is -2.23. The molecule has 7 nitrogen and oxygen atoms in total. The van der Waals surface area contributed by atoms with Crippen LogP contribution in [0.25, 0.3) is 0 Å². The topological polar surface area (TPSA) is 122 Å². The lowest BCUT2D eigenvalue weighted by atomic mass is 10.0. The zero-order valence-corrected chi connectivity index (χ0v) is 14.9. The van der Waals surface area contributed by atoms with E-state index in [1.807, 2.05) is 44.2 Å². The van der Waals surface area contributed by atoms with Crippen molar-refractivity contribution in [1.82, 2.24) is 10.6 Å². The molecule has 0 aromatic heterocycles. The van der Waals surface area contributed by atoms with E-state index in [1.165, 1.54) is 6.92 Å². The first-order chi connectivity index (χ1) is 11.7. The molecular formula is C18H27N3O4. The lowest BCUT2D eigenvalue weighted by molar-refractivity contribution is -0.141. The molecule has 3 atom stereocenters. The first-order valence-corrected chi connectivity index (χ1v) is 8.33. The SMILES string of the molecule is CC(C)C[C@H](NC(=O)[C@@H](N)Cc1ccccc1)C(=O)N[C@@H](C)C(=O)O. The van der Waals surface area contributed by atoms with E-state index < -0.39 is 35.9 Å². The number of carbonyl (C=O) groups is 3. The Morgan fingerprint density at radius 2 is 1.64 bits per heavy atom. The molecule has 2 amide bonds. The first-order valence-electron chi connectivity index (χ1n) is 8.33. The fourth-order valence-corrected chi connectivity index (χ4v) is 2.32. The van der Waals surface area contributed by atoms with Gasteiger partial charge in [-0.2, -0.15) is 0 Å². The van der Waals surface area contributed by atoms with Gasteiger partial charge in [0.15, 0.2) is 0 Å². The molecule has 0 spiro atoms. The molecule has 0 saturated carbocycles. The van der Waals surface area contributed by atoms with Crippen molar-refractivity contribution >= 4 is 17.8 Å². The van der Waals surface area contributed by atoms with Crippen LogP contribution in [0.15, 0.2) is 30.3 Å². The predicted octanol–water partition coefficient (Wildman–Crippen LogP) is 0.677. The van der Waals surface area contributed by atoms with E-state index >= 15 is 0 Å². The number of carbonyl (C=O) groups excluding carboxylic acids is 2. The summed E-state index contributed by atoms with van der Waals surface area (Å²) < 4.78 is 0. The summed E-state index contributed by atoms with van der Waals surface area (Å²) in [6.45, 7) is 5.20. The number of hydrogen-bond donors (Lipinski definition) is 4. The largest absolute Gasteiger partial charge is 0.480 e. The summed E-state index contributed by atoms with van der Waals surface area (Å²) in [4.78, 5) is 35.5. The maximum atomic E-state index is 12.3. The average molecular weight is 349 g/mol. The molecule has 1 aromatic carbocycles. The van der Waals surface area contributed by atoms with Crippen LogP contribution in [0.3, 0.4) is 0 Å². The zero-order chi connectivity index (χ0) is 19.0. The molecule has 1 aromatic rings. The van der Waals surface area contributed by atoms with Gasteiger partial charge in [0.2, 0.25) is 11.8 Å². The van der Waals surface area contributed by atoms with Gasteiger partial charge >= 0.3 is 5.97 Å². The number of carboxylic acids is 1. The molecular weight excluding hydrogens is 322 g/mol. The number of amides is 2. The molecule has 0 bridgehead atoms. The van der Waals surface area contributed by atoms with E-state index in [-0.39, 0.29) is 5.92 Å². The van der Waals surface area contributed by atoms with Gasteiger partial charge in [0.05, 0.1) is 6.04 Å². The van der Waals surface area contributed by atoms with Crippen LogP contribution in [-0.2, 0) is 20.8 Å². The van der Waals surface area contributed by atoms with Gasteiger partial charge in [-0.25, -0.2) is 0 Å². The standard InChI is InChI=1S/C18H27N3O4/c1-11(2)9-15(17(23)20-12(3)18(24)25)21-16(22)14(19)10-13-7-5-4-6-8-13/h4-8,11-12,14-15H,9-10,19H2,1-3H3,(H,20,23)(H,21,22)(H,24,25)/t12-,14-,15-/m0/s1. The Hall–Kier alpha value is -2.41. The number of hydrogen-bond acceptors (Lipinski definition) is 4. The van der Waals surface area contributed by atoms with Crippen molar-refractivity contribution in [2.75, 3.05) is 0 Å². The van der Waals surface area contributed by atoms with E-state index in [1.54, 1.807) is 0 Å². The van der Waals surface area contributed by atoms with Crippen molar-refractivity contribution in [3.8, 4) is 0 Å².